The van der Waals surface area contributed by atoms with Gasteiger partial charge in [0.2, 0.25) is 15.9 Å². The smallest absolute Gasteiger partial charge is 0.325 e. The number of rotatable bonds is 6. The van der Waals surface area contributed by atoms with E-state index in [1.807, 2.05) is 0 Å². The number of nitrogens with one attached hydrogen (secondary N) is 1. The molecule has 0 radical (unpaired) electrons. The molecule has 2 heterocycles. The van der Waals surface area contributed by atoms with Crippen molar-refractivity contribution in [3.8, 4) is 0 Å². The van der Waals surface area contributed by atoms with Crippen LogP contribution in [-0.2, 0) is 21.0 Å². The fraction of sp³-hybridized carbons (Fsp3) is 0.333. The highest BCUT2D eigenvalue weighted by Gasteiger charge is 2.31. The molecule has 2 aromatic rings. The highest BCUT2D eigenvalue weighted by Crippen LogP contribution is 2.33. The molecule has 0 saturated carbocycles. The number of carbonyl (C=O) groups excluding carboxylic acids is 1. The molecule has 0 spiro atoms. The van der Waals surface area contributed by atoms with Crippen LogP contribution >= 0.6 is 23.4 Å². The zero-order valence-electron chi connectivity index (χ0n) is 15.4. The number of pyridine rings is 1. The zero-order valence-corrected chi connectivity index (χ0v) is 17.8. The number of aromatic nitrogens is 1. The molecule has 1 aliphatic heterocycles. The molecule has 1 fully saturated rings. The number of benzene rings is 1. The normalized spacial score (nSPS) is 15.3. The second kappa shape index (κ2) is 9.13. The average molecular weight is 480 g/mol. The van der Waals surface area contributed by atoms with Crippen LogP contribution in [0.25, 0.3) is 0 Å². The Labute approximate surface area is 180 Å². The summed E-state index contributed by atoms with van der Waals surface area (Å²) in [6.45, 7) is 0.937. The van der Waals surface area contributed by atoms with Crippen molar-refractivity contribution in [3.63, 3.8) is 0 Å². The summed E-state index contributed by atoms with van der Waals surface area (Å²) in [6.07, 6.45) is -2.28. The maximum absolute atomic E-state index is 12.7. The third-order valence-electron chi connectivity index (χ3n) is 4.30. The lowest BCUT2D eigenvalue weighted by Crippen LogP contribution is -2.28. The van der Waals surface area contributed by atoms with Crippen LogP contribution in [0.1, 0.15) is 18.4 Å². The monoisotopic (exact) mass is 479 g/mol. The van der Waals surface area contributed by atoms with E-state index in [0.29, 0.717) is 25.0 Å². The van der Waals surface area contributed by atoms with E-state index < -0.39 is 27.7 Å². The minimum atomic E-state index is -4.56. The van der Waals surface area contributed by atoms with Crippen molar-refractivity contribution in [2.75, 3.05) is 24.2 Å². The predicted molar refractivity (Wildman–Crippen MR) is 108 cm³/mol. The number of hydrogen-bond donors (Lipinski definition) is 1. The topological polar surface area (TPSA) is 79.4 Å². The van der Waals surface area contributed by atoms with Crippen molar-refractivity contribution < 1.29 is 26.4 Å². The summed E-state index contributed by atoms with van der Waals surface area (Å²) < 4.78 is 64.6. The Hall–Kier alpha value is -1.82. The molecular weight excluding hydrogens is 463 g/mol. The van der Waals surface area contributed by atoms with Crippen LogP contribution in [0.5, 0.6) is 0 Å². The van der Waals surface area contributed by atoms with Crippen molar-refractivity contribution >= 4 is 45.0 Å². The maximum atomic E-state index is 12.7. The molecule has 1 amide bonds. The Morgan fingerprint density at radius 3 is 2.57 bits per heavy atom. The molecule has 0 unspecified atom stereocenters. The molecule has 162 valence electrons. The molecule has 30 heavy (non-hydrogen) atoms. The summed E-state index contributed by atoms with van der Waals surface area (Å²) in [4.78, 5) is 15.9. The van der Waals surface area contributed by atoms with E-state index >= 15 is 0 Å². The van der Waals surface area contributed by atoms with Crippen molar-refractivity contribution in [1.82, 2.24) is 9.29 Å². The molecule has 12 heteroatoms. The van der Waals surface area contributed by atoms with Gasteiger partial charge < -0.3 is 5.32 Å². The summed E-state index contributed by atoms with van der Waals surface area (Å²) in [5, 5.41) is 2.46. The molecule has 1 saturated heterocycles. The quantitative estimate of drug-likeness (QED) is 0.626. The van der Waals surface area contributed by atoms with Gasteiger partial charge in [-0.15, -0.1) is 0 Å². The highest BCUT2D eigenvalue weighted by atomic mass is 35.5. The predicted octanol–water partition coefficient (Wildman–Crippen LogP) is 4.27. The third-order valence-corrected chi connectivity index (χ3v) is 7.60. The Balaban J connectivity index is 1.63. The fourth-order valence-corrected chi connectivity index (χ4v) is 5.39. The molecule has 1 N–H and O–H groups in total. The van der Waals surface area contributed by atoms with Crippen LogP contribution < -0.4 is 5.32 Å². The van der Waals surface area contributed by atoms with Gasteiger partial charge in [-0.05, 0) is 37.1 Å². The lowest BCUT2D eigenvalue weighted by molar-refractivity contribution is -0.137. The molecule has 0 bridgehead atoms. The molecule has 0 aliphatic carbocycles. The first-order valence-electron chi connectivity index (χ1n) is 8.83. The van der Waals surface area contributed by atoms with E-state index in [0.717, 1.165) is 30.7 Å². The number of nitrogens with zero attached hydrogens (tertiary/aromatic N) is 2. The van der Waals surface area contributed by atoms with E-state index in [4.69, 9.17) is 11.6 Å². The van der Waals surface area contributed by atoms with Crippen molar-refractivity contribution in [2.45, 2.75) is 28.9 Å². The second-order valence-electron chi connectivity index (χ2n) is 6.48. The van der Waals surface area contributed by atoms with Crippen LogP contribution in [-0.4, -0.2) is 42.5 Å². The van der Waals surface area contributed by atoms with E-state index in [2.05, 4.69) is 10.3 Å². The zero-order chi connectivity index (χ0) is 21.9. The van der Waals surface area contributed by atoms with E-state index in [1.54, 1.807) is 6.07 Å². The van der Waals surface area contributed by atoms with E-state index in [9.17, 15) is 26.4 Å². The molecule has 6 nitrogen and oxygen atoms in total. The number of hydrogen-bond acceptors (Lipinski definition) is 5. The summed E-state index contributed by atoms with van der Waals surface area (Å²) in [6, 6.07) is 6.67. The molecule has 1 aliphatic rings. The molecule has 1 aromatic carbocycles. The average Bonchev–Trinajstić information content (AvgIpc) is 3.22. The number of thioether (sulfide) groups is 1. The minimum Gasteiger partial charge on any atom is -0.325 e. The lowest BCUT2D eigenvalue weighted by atomic mass is 10.3. The van der Waals surface area contributed by atoms with Gasteiger partial charge in [0.05, 0.1) is 21.2 Å². The van der Waals surface area contributed by atoms with Crippen molar-refractivity contribution in [2.24, 2.45) is 0 Å². The van der Waals surface area contributed by atoms with Gasteiger partial charge in [-0.2, -0.15) is 17.5 Å². The number of carbonyl (C=O) groups is 1. The fourth-order valence-electron chi connectivity index (χ4n) is 2.83. The lowest BCUT2D eigenvalue weighted by Gasteiger charge is -2.16. The highest BCUT2D eigenvalue weighted by molar-refractivity contribution is 8.00. The van der Waals surface area contributed by atoms with Crippen LogP contribution in [0.4, 0.5) is 18.9 Å². The molecule has 3 rings (SSSR count). The van der Waals surface area contributed by atoms with E-state index in [1.165, 1.54) is 22.5 Å². The molecule has 1 aromatic heterocycles. The Morgan fingerprint density at radius 2 is 1.93 bits per heavy atom. The van der Waals surface area contributed by atoms with Gasteiger partial charge in [-0.25, -0.2) is 13.4 Å². The van der Waals surface area contributed by atoms with Gasteiger partial charge >= 0.3 is 6.18 Å². The van der Waals surface area contributed by atoms with Gasteiger partial charge in [0.1, 0.15) is 5.03 Å². The first-order valence-corrected chi connectivity index (χ1v) is 11.6. The van der Waals surface area contributed by atoms with Gasteiger partial charge in [0, 0.05) is 25.0 Å². The van der Waals surface area contributed by atoms with Crippen molar-refractivity contribution in [3.05, 3.63) is 47.1 Å². The number of anilines is 1. The standard InChI is InChI=1S/C18H17ClF3N3O3S2/c19-15-8-12(18(20,21)22)10-23-17(15)29-11-16(26)24-13-4-3-5-14(9-13)30(27,28)25-6-1-2-7-25/h3-5,8-10H,1-2,6-7,11H2,(H,24,26). The largest absolute Gasteiger partial charge is 0.417 e. The van der Waals surface area contributed by atoms with Crippen LogP contribution in [0.2, 0.25) is 5.02 Å². The van der Waals surface area contributed by atoms with Gasteiger partial charge in [0.15, 0.2) is 0 Å². The second-order valence-corrected chi connectivity index (χ2v) is 9.79. The van der Waals surface area contributed by atoms with Crippen LogP contribution in [0.3, 0.4) is 0 Å². The summed E-state index contributed by atoms with van der Waals surface area (Å²) >= 11 is 6.70. The summed E-state index contributed by atoms with van der Waals surface area (Å²) in [7, 11) is -3.62. The third kappa shape index (κ3) is 5.45. The van der Waals surface area contributed by atoms with Gasteiger partial charge in [-0.1, -0.05) is 29.4 Å². The number of sulfonamides is 1. The minimum absolute atomic E-state index is 0.0855. The SMILES string of the molecule is O=C(CSc1ncc(C(F)(F)F)cc1Cl)Nc1cccc(S(=O)(=O)N2CCCC2)c1. The maximum Gasteiger partial charge on any atom is 0.417 e. The Bertz CT molecular complexity index is 1040. The Kier molecular flexibility index (Phi) is 6.95. The summed E-state index contributed by atoms with van der Waals surface area (Å²) in [5.74, 6) is -0.644. The Morgan fingerprint density at radius 1 is 1.23 bits per heavy atom. The van der Waals surface area contributed by atoms with Crippen molar-refractivity contribution in [1.29, 1.82) is 0 Å². The first-order chi connectivity index (χ1) is 14.1. The van der Waals surface area contributed by atoms with Crippen LogP contribution in [0.15, 0.2) is 46.5 Å². The first kappa shape index (κ1) is 22.9. The number of amides is 1. The van der Waals surface area contributed by atoms with Gasteiger partial charge in [0.25, 0.3) is 0 Å². The molecule has 0 atom stereocenters. The van der Waals surface area contributed by atoms with Crippen LogP contribution in [0, 0.1) is 0 Å². The number of halogens is 4. The number of alkyl halides is 3. The van der Waals surface area contributed by atoms with Gasteiger partial charge in [-0.3, -0.25) is 4.79 Å². The summed E-state index contributed by atoms with van der Waals surface area (Å²) in [5.41, 5.74) is -0.676. The molecular formula is C18H17ClF3N3O3S2. The van der Waals surface area contributed by atoms with E-state index in [-0.39, 0.29) is 20.7 Å².